The topological polar surface area (TPSA) is 78.9 Å². The summed E-state index contributed by atoms with van der Waals surface area (Å²) < 4.78 is 13.7. The molecule has 0 radical (unpaired) electrons. The van der Waals surface area contributed by atoms with Crippen LogP contribution in [0.3, 0.4) is 0 Å². The zero-order valence-electron chi connectivity index (χ0n) is 12.5. The molecule has 0 aliphatic carbocycles. The predicted molar refractivity (Wildman–Crippen MR) is 71.9 cm³/mol. The van der Waals surface area contributed by atoms with Crippen LogP contribution in [-0.4, -0.2) is 39.2 Å². The van der Waals surface area contributed by atoms with E-state index in [9.17, 15) is 14.4 Å². The molecule has 0 atom stereocenters. The molecule has 0 saturated heterocycles. The summed E-state index contributed by atoms with van der Waals surface area (Å²) in [7, 11) is 3.89. The van der Waals surface area contributed by atoms with Gasteiger partial charge in [-0.05, 0) is 12.8 Å². The second-order valence-electron chi connectivity index (χ2n) is 4.48. The molecule has 20 heavy (non-hydrogen) atoms. The van der Waals surface area contributed by atoms with Crippen LogP contribution in [0.15, 0.2) is 0 Å². The van der Waals surface area contributed by atoms with Crippen molar-refractivity contribution >= 4 is 17.9 Å². The zero-order chi connectivity index (χ0) is 15.4. The first-order valence-electron chi connectivity index (χ1n) is 6.79. The molecule has 0 fully saturated rings. The Bertz CT molecular complexity index is 297. The summed E-state index contributed by atoms with van der Waals surface area (Å²) in [5, 5.41) is 0. The average Bonchev–Trinajstić information content (AvgIpc) is 2.48. The lowest BCUT2D eigenvalue weighted by Crippen LogP contribution is -2.26. The van der Waals surface area contributed by atoms with Gasteiger partial charge < -0.3 is 14.2 Å². The van der Waals surface area contributed by atoms with E-state index in [1.54, 1.807) is 0 Å². The van der Waals surface area contributed by atoms with Crippen molar-refractivity contribution in [3.8, 4) is 0 Å². The third-order valence-electron chi connectivity index (χ3n) is 3.07. The van der Waals surface area contributed by atoms with E-state index < -0.39 is 17.9 Å². The Morgan fingerprint density at radius 3 is 1.75 bits per heavy atom. The lowest BCUT2D eigenvalue weighted by molar-refractivity contribution is -0.159. The maximum Gasteiger partial charge on any atom is 0.320 e. The van der Waals surface area contributed by atoms with Crippen LogP contribution in [0.1, 0.15) is 44.9 Å². The fraction of sp³-hybridized carbons (Fsp3) is 0.786. The van der Waals surface area contributed by atoms with Crippen LogP contribution in [0.4, 0.5) is 0 Å². The second kappa shape index (κ2) is 11.3. The minimum Gasteiger partial charge on any atom is -0.469 e. The van der Waals surface area contributed by atoms with Crippen LogP contribution < -0.4 is 0 Å². The van der Waals surface area contributed by atoms with Crippen LogP contribution >= 0.6 is 0 Å². The molecular formula is C14H24O6. The van der Waals surface area contributed by atoms with Gasteiger partial charge in [0.15, 0.2) is 5.92 Å². The van der Waals surface area contributed by atoms with Crippen molar-refractivity contribution in [2.45, 2.75) is 44.9 Å². The first kappa shape index (κ1) is 18.4. The third kappa shape index (κ3) is 7.76. The molecule has 0 amide bonds. The van der Waals surface area contributed by atoms with E-state index in [0.717, 1.165) is 32.1 Å². The highest BCUT2D eigenvalue weighted by Crippen LogP contribution is 2.15. The number of methoxy groups -OCH3 is 3. The summed E-state index contributed by atoms with van der Waals surface area (Å²) in [6, 6.07) is 0. The van der Waals surface area contributed by atoms with E-state index in [1.807, 2.05) is 0 Å². The Hall–Kier alpha value is -1.59. The molecular weight excluding hydrogens is 264 g/mol. The maximum atomic E-state index is 11.4. The van der Waals surface area contributed by atoms with Crippen molar-refractivity contribution in [3.63, 3.8) is 0 Å². The predicted octanol–water partition coefficient (Wildman–Crippen LogP) is 1.85. The lowest BCUT2D eigenvalue weighted by Gasteiger charge is -2.11. The number of hydrogen-bond acceptors (Lipinski definition) is 6. The molecule has 0 spiro atoms. The lowest BCUT2D eigenvalue weighted by atomic mass is 10.0. The van der Waals surface area contributed by atoms with Crippen molar-refractivity contribution in [1.29, 1.82) is 0 Å². The van der Waals surface area contributed by atoms with Gasteiger partial charge in [-0.1, -0.05) is 25.7 Å². The zero-order valence-corrected chi connectivity index (χ0v) is 12.5. The van der Waals surface area contributed by atoms with E-state index in [0.29, 0.717) is 12.8 Å². The number of carbonyl (C=O) groups is 3. The second-order valence-corrected chi connectivity index (χ2v) is 4.48. The van der Waals surface area contributed by atoms with Crippen molar-refractivity contribution in [1.82, 2.24) is 0 Å². The molecule has 0 aliphatic heterocycles. The average molecular weight is 288 g/mol. The molecule has 0 aliphatic rings. The molecule has 0 aromatic heterocycles. The van der Waals surface area contributed by atoms with Crippen molar-refractivity contribution in [2.75, 3.05) is 21.3 Å². The molecule has 6 heteroatoms. The van der Waals surface area contributed by atoms with Crippen molar-refractivity contribution < 1.29 is 28.6 Å². The number of carbonyl (C=O) groups excluding carboxylic acids is 3. The Morgan fingerprint density at radius 2 is 1.25 bits per heavy atom. The van der Waals surface area contributed by atoms with Gasteiger partial charge in [0.1, 0.15) is 0 Å². The molecule has 6 nitrogen and oxygen atoms in total. The highest BCUT2D eigenvalue weighted by atomic mass is 16.5. The molecule has 0 N–H and O–H groups in total. The van der Waals surface area contributed by atoms with Gasteiger partial charge in [0.05, 0.1) is 21.3 Å². The fourth-order valence-corrected chi connectivity index (χ4v) is 1.87. The standard InChI is InChI=1S/C14H24O6/c1-18-12(15)10-8-6-4-5-7-9-11(13(16)19-2)14(17)20-3/h11H,4-10H2,1-3H3. The smallest absolute Gasteiger partial charge is 0.320 e. The van der Waals surface area contributed by atoms with Crippen LogP contribution in [-0.2, 0) is 28.6 Å². The molecule has 0 aromatic carbocycles. The maximum absolute atomic E-state index is 11.4. The van der Waals surface area contributed by atoms with Gasteiger partial charge in [-0.3, -0.25) is 14.4 Å². The largest absolute Gasteiger partial charge is 0.469 e. The van der Waals surface area contributed by atoms with Gasteiger partial charge in [-0.2, -0.15) is 0 Å². The normalized spacial score (nSPS) is 10.2. The van der Waals surface area contributed by atoms with E-state index in [1.165, 1.54) is 21.3 Å². The van der Waals surface area contributed by atoms with E-state index >= 15 is 0 Å². The number of ether oxygens (including phenoxy) is 3. The van der Waals surface area contributed by atoms with Crippen molar-refractivity contribution in [2.24, 2.45) is 5.92 Å². The molecule has 0 rings (SSSR count). The Balaban J connectivity index is 3.77. The minimum absolute atomic E-state index is 0.193. The Kier molecular flexibility index (Phi) is 10.4. The minimum atomic E-state index is -0.833. The highest BCUT2D eigenvalue weighted by molar-refractivity contribution is 5.94. The number of hydrogen-bond donors (Lipinski definition) is 0. The van der Waals surface area contributed by atoms with Crippen LogP contribution in [0.5, 0.6) is 0 Å². The molecule has 116 valence electrons. The summed E-state index contributed by atoms with van der Waals surface area (Å²) >= 11 is 0. The number of unbranched alkanes of at least 4 members (excludes halogenated alkanes) is 4. The van der Waals surface area contributed by atoms with Crippen LogP contribution in [0.25, 0.3) is 0 Å². The summed E-state index contributed by atoms with van der Waals surface area (Å²) in [4.78, 5) is 33.7. The van der Waals surface area contributed by atoms with Gasteiger partial charge in [-0.15, -0.1) is 0 Å². The number of esters is 3. The summed E-state index contributed by atoms with van der Waals surface area (Å²) in [5.41, 5.74) is 0. The van der Waals surface area contributed by atoms with Gasteiger partial charge in [0, 0.05) is 6.42 Å². The van der Waals surface area contributed by atoms with Gasteiger partial charge in [0.25, 0.3) is 0 Å². The number of rotatable bonds is 10. The fourth-order valence-electron chi connectivity index (χ4n) is 1.87. The van der Waals surface area contributed by atoms with Crippen LogP contribution in [0.2, 0.25) is 0 Å². The Morgan fingerprint density at radius 1 is 0.750 bits per heavy atom. The van der Waals surface area contributed by atoms with Gasteiger partial charge >= 0.3 is 17.9 Å². The summed E-state index contributed by atoms with van der Waals surface area (Å²) in [6.45, 7) is 0. The molecule has 0 unspecified atom stereocenters. The molecule has 0 heterocycles. The monoisotopic (exact) mass is 288 g/mol. The molecule has 0 saturated carbocycles. The quantitative estimate of drug-likeness (QED) is 0.264. The van der Waals surface area contributed by atoms with E-state index in [2.05, 4.69) is 14.2 Å². The van der Waals surface area contributed by atoms with E-state index in [-0.39, 0.29) is 5.97 Å². The van der Waals surface area contributed by atoms with Crippen LogP contribution in [0, 0.1) is 5.92 Å². The first-order chi connectivity index (χ1) is 9.56. The van der Waals surface area contributed by atoms with Gasteiger partial charge in [0.2, 0.25) is 0 Å². The highest BCUT2D eigenvalue weighted by Gasteiger charge is 2.27. The van der Waals surface area contributed by atoms with Crippen molar-refractivity contribution in [3.05, 3.63) is 0 Å². The molecule has 0 bridgehead atoms. The Labute approximate surface area is 119 Å². The SMILES string of the molecule is COC(=O)CCCCCCCC(C(=O)OC)C(=O)OC. The van der Waals surface area contributed by atoms with Gasteiger partial charge in [-0.25, -0.2) is 0 Å². The first-order valence-corrected chi connectivity index (χ1v) is 6.79. The van der Waals surface area contributed by atoms with E-state index in [4.69, 9.17) is 0 Å². The summed E-state index contributed by atoms with van der Waals surface area (Å²) in [6.07, 6.45) is 5.17. The third-order valence-corrected chi connectivity index (χ3v) is 3.07. The molecule has 0 aromatic rings. The summed E-state index contributed by atoms with van der Waals surface area (Å²) in [5.74, 6) is -2.13.